The standard InChI is InChI=1S/C30H35N3O4/c1-35-26-6-4-24(5-7-26)30(13-14-30)21-37-28-19-23(3-8-27(28)36-2)29(34)32-20-22-11-17-33(18-12-22)25-9-15-31-16-10-25/h3-10,15-16,19,22H,11-14,17-18,20-21H2,1-2H3,(H,32,34). The van der Waals surface area contributed by atoms with Crippen LogP contribution in [0.5, 0.6) is 17.2 Å². The van der Waals surface area contributed by atoms with Crippen LogP contribution in [-0.4, -0.2) is 51.4 Å². The molecule has 0 bridgehead atoms. The summed E-state index contributed by atoms with van der Waals surface area (Å²) in [4.78, 5) is 19.5. The first-order valence-electron chi connectivity index (χ1n) is 13.0. The van der Waals surface area contributed by atoms with E-state index in [1.165, 1.54) is 11.3 Å². The highest BCUT2D eigenvalue weighted by Crippen LogP contribution is 2.49. The van der Waals surface area contributed by atoms with Gasteiger partial charge in [0.05, 0.1) is 20.8 Å². The van der Waals surface area contributed by atoms with Crippen LogP contribution in [0.1, 0.15) is 41.6 Å². The molecular weight excluding hydrogens is 466 g/mol. The summed E-state index contributed by atoms with van der Waals surface area (Å²) in [6.45, 7) is 3.19. The monoisotopic (exact) mass is 501 g/mol. The Kier molecular flexibility index (Phi) is 7.49. The molecule has 0 spiro atoms. The molecule has 1 amide bonds. The molecule has 37 heavy (non-hydrogen) atoms. The van der Waals surface area contributed by atoms with Crippen molar-refractivity contribution >= 4 is 11.6 Å². The number of pyridine rings is 1. The van der Waals surface area contributed by atoms with Gasteiger partial charge in [-0.15, -0.1) is 0 Å². The number of nitrogens with one attached hydrogen (secondary N) is 1. The summed E-state index contributed by atoms with van der Waals surface area (Å²) in [5.74, 6) is 2.46. The van der Waals surface area contributed by atoms with Crippen molar-refractivity contribution in [2.24, 2.45) is 5.92 Å². The summed E-state index contributed by atoms with van der Waals surface area (Å²) in [7, 11) is 3.30. The Morgan fingerprint density at radius 1 is 0.973 bits per heavy atom. The second-order valence-electron chi connectivity index (χ2n) is 10.0. The molecule has 0 unspecified atom stereocenters. The molecule has 2 heterocycles. The minimum atomic E-state index is -0.0830. The van der Waals surface area contributed by atoms with Gasteiger partial charge >= 0.3 is 0 Å². The van der Waals surface area contributed by atoms with E-state index in [4.69, 9.17) is 14.2 Å². The average Bonchev–Trinajstić information content (AvgIpc) is 3.76. The van der Waals surface area contributed by atoms with Crippen molar-refractivity contribution in [3.63, 3.8) is 0 Å². The Bertz CT molecular complexity index is 1190. The van der Waals surface area contributed by atoms with Crippen LogP contribution >= 0.6 is 0 Å². The van der Waals surface area contributed by atoms with Gasteiger partial charge in [0.2, 0.25) is 0 Å². The zero-order valence-corrected chi connectivity index (χ0v) is 21.6. The Morgan fingerprint density at radius 2 is 1.70 bits per heavy atom. The highest BCUT2D eigenvalue weighted by atomic mass is 16.5. The number of anilines is 1. The van der Waals surface area contributed by atoms with Crippen LogP contribution in [0.3, 0.4) is 0 Å². The number of hydrogen-bond donors (Lipinski definition) is 1. The number of ether oxygens (including phenoxy) is 3. The molecule has 7 heteroatoms. The quantitative estimate of drug-likeness (QED) is 0.428. The Labute approximate surface area is 218 Å². The first-order chi connectivity index (χ1) is 18.1. The van der Waals surface area contributed by atoms with Gasteiger partial charge in [0, 0.05) is 48.7 Å². The van der Waals surface area contributed by atoms with Crippen molar-refractivity contribution in [3.8, 4) is 17.2 Å². The van der Waals surface area contributed by atoms with E-state index in [0.717, 1.165) is 44.5 Å². The van der Waals surface area contributed by atoms with Crippen LogP contribution in [0.25, 0.3) is 0 Å². The Morgan fingerprint density at radius 3 is 2.35 bits per heavy atom. The number of hydrogen-bond acceptors (Lipinski definition) is 6. The maximum atomic E-state index is 13.0. The van der Waals surface area contributed by atoms with Crippen LogP contribution in [-0.2, 0) is 5.41 Å². The van der Waals surface area contributed by atoms with E-state index < -0.39 is 0 Å². The second kappa shape index (κ2) is 11.1. The number of methoxy groups -OCH3 is 2. The molecule has 2 aromatic carbocycles. The van der Waals surface area contributed by atoms with Crippen LogP contribution in [0.4, 0.5) is 5.69 Å². The molecule has 1 N–H and O–H groups in total. The molecule has 1 saturated carbocycles. The van der Waals surface area contributed by atoms with Crippen LogP contribution in [0, 0.1) is 5.92 Å². The zero-order chi connectivity index (χ0) is 25.7. The smallest absolute Gasteiger partial charge is 0.251 e. The van der Waals surface area contributed by atoms with Gasteiger partial charge in [-0.2, -0.15) is 0 Å². The SMILES string of the molecule is COc1ccc(C2(COc3cc(C(=O)NCC4CCN(c5ccncc5)CC4)ccc3OC)CC2)cc1. The van der Waals surface area contributed by atoms with E-state index >= 15 is 0 Å². The van der Waals surface area contributed by atoms with Crippen molar-refractivity contribution in [2.45, 2.75) is 31.1 Å². The number of amides is 1. The van der Waals surface area contributed by atoms with Gasteiger partial charge in [0.15, 0.2) is 11.5 Å². The van der Waals surface area contributed by atoms with Crippen molar-refractivity contribution in [1.82, 2.24) is 10.3 Å². The molecular formula is C30H35N3O4. The lowest BCUT2D eigenvalue weighted by atomic mass is 9.96. The van der Waals surface area contributed by atoms with Crippen LogP contribution in [0.2, 0.25) is 0 Å². The van der Waals surface area contributed by atoms with Gasteiger partial charge in [-0.05, 0) is 79.6 Å². The van der Waals surface area contributed by atoms with Gasteiger partial charge in [0.25, 0.3) is 5.91 Å². The number of aromatic nitrogens is 1. The van der Waals surface area contributed by atoms with Gasteiger partial charge in [-0.25, -0.2) is 0 Å². The van der Waals surface area contributed by atoms with E-state index in [9.17, 15) is 4.79 Å². The van der Waals surface area contributed by atoms with Crippen LogP contribution < -0.4 is 24.4 Å². The summed E-state index contributed by atoms with van der Waals surface area (Å²) >= 11 is 0. The fraction of sp³-hybridized carbons (Fsp3) is 0.400. The van der Waals surface area contributed by atoms with E-state index in [2.05, 4.69) is 27.3 Å². The largest absolute Gasteiger partial charge is 0.497 e. The number of carbonyl (C=O) groups is 1. The molecule has 1 aliphatic heterocycles. The molecule has 1 aromatic heterocycles. The van der Waals surface area contributed by atoms with Gasteiger partial charge < -0.3 is 24.4 Å². The molecule has 2 aliphatic rings. The molecule has 3 aromatic rings. The Balaban J connectivity index is 1.16. The lowest BCUT2D eigenvalue weighted by Crippen LogP contribution is -2.38. The van der Waals surface area contributed by atoms with Crippen molar-refractivity contribution in [2.75, 3.05) is 45.4 Å². The van der Waals surface area contributed by atoms with E-state index in [1.54, 1.807) is 26.4 Å². The summed E-state index contributed by atoms with van der Waals surface area (Å²) < 4.78 is 17.1. The minimum Gasteiger partial charge on any atom is -0.497 e. The maximum absolute atomic E-state index is 13.0. The molecule has 194 valence electrons. The normalized spacial score (nSPS) is 16.6. The fourth-order valence-electron chi connectivity index (χ4n) is 5.05. The number of carbonyl (C=O) groups excluding carboxylic acids is 1. The molecule has 5 rings (SSSR count). The van der Waals surface area contributed by atoms with Gasteiger partial charge in [-0.3, -0.25) is 9.78 Å². The average molecular weight is 502 g/mol. The number of rotatable bonds is 10. The summed E-state index contributed by atoms with van der Waals surface area (Å²) in [6.07, 6.45) is 7.90. The Hall–Kier alpha value is -3.74. The highest BCUT2D eigenvalue weighted by Gasteiger charge is 2.45. The first kappa shape index (κ1) is 24.9. The third-order valence-corrected chi connectivity index (χ3v) is 7.68. The lowest BCUT2D eigenvalue weighted by Gasteiger charge is -2.33. The zero-order valence-electron chi connectivity index (χ0n) is 21.6. The van der Waals surface area contributed by atoms with E-state index in [1.807, 2.05) is 42.7 Å². The van der Waals surface area contributed by atoms with Crippen molar-refractivity contribution < 1.29 is 19.0 Å². The first-order valence-corrected chi connectivity index (χ1v) is 13.0. The summed E-state index contributed by atoms with van der Waals surface area (Å²) in [5.41, 5.74) is 3.04. The van der Waals surface area contributed by atoms with Gasteiger partial charge in [0.1, 0.15) is 5.75 Å². The number of piperidine rings is 1. The van der Waals surface area contributed by atoms with Crippen molar-refractivity contribution in [3.05, 3.63) is 78.1 Å². The fourth-order valence-corrected chi connectivity index (χ4v) is 5.05. The summed E-state index contributed by atoms with van der Waals surface area (Å²) in [5, 5.41) is 3.13. The van der Waals surface area contributed by atoms with Crippen molar-refractivity contribution in [1.29, 1.82) is 0 Å². The minimum absolute atomic E-state index is 0.000668. The molecule has 0 radical (unpaired) electrons. The maximum Gasteiger partial charge on any atom is 0.251 e. The predicted octanol–water partition coefficient (Wildman–Crippen LogP) is 4.86. The third kappa shape index (κ3) is 5.82. The predicted molar refractivity (Wildman–Crippen MR) is 144 cm³/mol. The third-order valence-electron chi connectivity index (χ3n) is 7.68. The number of benzene rings is 2. The molecule has 1 aliphatic carbocycles. The topological polar surface area (TPSA) is 72.9 Å². The van der Waals surface area contributed by atoms with Gasteiger partial charge in [-0.1, -0.05) is 12.1 Å². The lowest BCUT2D eigenvalue weighted by molar-refractivity contribution is 0.0944. The summed E-state index contributed by atoms with van der Waals surface area (Å²) in [6, 6.07) is 17.7. The van der Waals surface area contributed by atoms with E-state index in [-0.39, 0.29) is 11.3 Å². The molecule has 1 saturated heterocycles. The van der Waals surface area contributed by atoms with E-state index in [0.29, 0.717) is 36.1 Å². The van der Waals surface area contributed by atoms with Crippen LogP contribution in [0.15, 0.2) is 67.0 Å². The molecule has 7 nitrogen and oxygen atoms in total. The molecule has 2 fully saturated rings. The highest BCUT2D eigenvalue weighted by molar-refractivity contribution is 5.94. The molecule has 0 atom stereocenters. The second-order valence-corrected chi connectivity index (χ2v) is 10.0. The number of nitrogens with zero attached hydrogens (tertiary/aromatic N) is 2.